The molecule has 110 valence electrons. The van der Waals surface area contributed by atoms with Crippen LogP contribution in [-0.4, -0.2) is 17.4 Å². The maximum Gasteiger partial charge on any atom is 0.259 e. The minimum Gasteiger partial charge on any atom is -0.384 e. The van der Waals surface area contributed by atoms with E-state index in [0.29, 0.717) is 16.3 Å². The Morgan fingerprint density at radius 2 is 2.19 bits per heavy atom. The van der Waals surface area contributed by atoms with Gasteiger partial charge in [0.15, 0.2) is 0 Å². The number of pyridine rings is 1. The Balaban J connectivity index is 2.18. The lowest BCUT2D eigenvalue weighted by atomic mass is 10.2. The first-order valence-corrected chi connectivity index (χ1v) is 7.73. The lowest BCUT2D eigenvalue weighted by molar-refractivity contribution is 0.102. The molecule has 0 fully saturated rings. The van der Waals surface area contributed by atoms with Crippen molar-refractivity contribution in [2.45, 2.75) is 13.3 Å². The van der Waals surface area contributed by atoms with Crippen LogP contribution in [0.3, 0.4) is 0 Å². The Bertz CT molecular complexity index is 649. The molecule has 6 heteroatoms. The molecule has 2 aromatic rings. The van der Waals surface area contributed by atoms with Crippen LogP contribution in [0.15, 0.2) is 41.1 Å². The number of benzene rings is 1. The smallest absolute Gasteiger partial charge is 0.259 e. The number of amides is 1. The summed E-state index contributed by atoms with van der Waals surface area (Å²) in [6, 6.07) is 7.05. The fourth-order valence-electron chi connectivity index (χ4n) is 1.76. The number of aromatic nitrogens is 1. The van der Waals surface area contributed by atoms with Crippen molar-refractivity contribution in [3.63, 3.8) is 0 Å². The van der Waals surface area contributed by atoms with E-state index in [1.165, 1.54) is 0 Å². The summed E-state index contributed by atoms with van der Waals surface area (Å²) in [7, 11) is 0. The fraction of sp³-hybridized carbons (Fsp3) is 0.200. The number of halogens is 2. The third-order valence-electron chi connectivity index (χ3n) is 2.81. The summed E-state index contributed by atoms with van der Waals surface area (Å²) in [6.45, 7) is 2.87. The molecule has 0 aliphatic heterocycles. The molecule has 0 saturated carbocycles. The maximum absolute atomic E-state index is 12.3. The highest BCUT2D eigenvalue weighted by molar-refractivity contribution is 9.10. The van der Waals surface area contributed by atoms with Gasteiger partial charge in [0.25, 0.3) is 5.91 Å². The number of nitrogens with zero attached hydrogens (tertiary/aromatic N) is 1. The van der Waals surface area contributed by atoms with Gasteiger partial charge in [0.2, 0.25) is 0 Å². The monoisotopic (exact) mass is 367 g/mol. The molecule has 1 aromatic heterocycles. The molecule has 1 heterocycles. The van der Waals surface area contributed by atoms with Gasteiger partial charge in [-0.1, -0.05) is 18.5 Å². The Kier molecular flexibility index (Phi) is 5.59. The number of hydrogen-bond donors (Lipinski definition) is 2. The molecule has 2 N–H and O–H groups in total. The van der Waals surface area contributed by atoms with Crippen LogP contribution in [0.4, 0.5) is 11.4 Å². The van der Waals surface area contributed by atoms with Crippen molar-refractivity contribution in [3.8, 4) is 0 Å². The van der Waals surface area contributed by atoms with Crippen molar-refractivity contribution >= 4 is 44.8 Å². The third kappa shape index (κ3) is 4.19. The summed E-state index contributed by atoms with van der Waals surface area (Å²) in [5, 5.41) is 6.58. The zero-order valence-corrected chi connectivity index (χ0v) is 13.8. The molecule has 0 aliphatic carbocycles. The van der Waals surface area contributed by atoms with Gasteiger partial charge in [0.05, 0.1) is 16.3 Å². The molecule has 1 amide bonds. The molecule has 0 atom stereocenters. The van der Waals surface area contributed by atoms with Gasteiger partial charge in [0.1, 0.15) is 0 Å². The van der Waals surface area contributed by atoms with Crippen LogP contribution in [0.25, 0.3) is 0 Å². The van der Waals surface area contributed by atoms with E-state index in [1.807, 2.05) is 0 Å². The molecule has 0 saturated heterocycles. The Morgan fingerprint density at radius 3 is 2.90 bits per heavy atom. The first-order valence-electron chi connectivity index (χ1n) is 6.56. The van der Waals surface area contributed by atoms with Gasteiger partial charge in [0, 0.05) is 29.1 Å². The molecule has 21 heavy (non-hydrogen) atoms. The van der Waals surface area contributed by atoms with Gasteiger partial charge in [-0.15, -0.1) is 0 Å². The Morgan fingerprint density at radius 1 is 1.38 bits per heavy atom. The van der Waals surface area contributed by atoms with Gasteiger partial charge in [-0.05, 0) is 46.6 Å². The highest BCUT2D eigenvalue weighted by Crippen LogP contribution is 2.26. The van der Waals surface area contributed by atoms with Gasteiger partial charge in [-0.25, -0.2) is 0 Å². The number of carbonyl (C=O) groups excluding carboxylic acids is 1. The molecule has 0 spiro atoms. The Labute approximate surface area is 137 Å². The van der Waals surface area contributed by atoms with Crippen molar-refractivity contribution in [2.24, 2.45) is 0 Å². The second-order valence-electron chi connectivity index (χ2n) is 4.43. The largest absolute Gasteiger partial charge is 0.384 e. The zero-order valence-electron chi connectivity index (χ0n) is 11.5. The molecule has 4 nitrogen and oxygen atoms in total. The van der Waals surface area contributed by atoms with Crippen LogP contribution in [0.5, 0.6) is 0 Å². The van der Waals surface area contributed by atoms with E-state index in [2.05, 4.69) is 38.5 Å². The van der Waals surface area contributed by atoms with E-state index >= 15 is 0 Å². The number of rotatable bonds is 5. The van der Waals surface area contributed by atoms with Crippen molar-refractivity contribution < 1.29 is 4.79 Å². The molecule has 0 unspecified atom stereocenters. The van der Waals surface area contributed by atoms with Crippen LogP contribution in [0.2, 0.25) is 5.02 Å². The van der Waals surface area contributed by atoms with Crippen LogP contribution in [0, 0.1) is 0 Å². The number of nitrogens with one attached hydrogen (secondary N) is 2. The summed E-state index contributed by atoms with van der Waals surface area (Å²) in [4.78, 5) is 16.4. The van der Waals surface area contributed by atoms with E-state index in [-0.39, 0.29) is 5.91 Å². The summed E-state index contributed by atoms with van der Waals surface area (Å²) in [5.74, 6) is -0.222. The fourth-order valence-corrected chi connectivity index (χ4v) is 2.19. The van der Waals surface area contributed by atoms with Crippen molar-refractivity contribution in [1.29, 1.82) is 0 Å². The van der Waals surface area contributed by atoms with Crippen LogP contribution >= 0.6 is 27.5 Å². The van der Waals surface area contributed by atoms with E-state index in [0.717, 1.165) is 23.1 Å². The summed E-state index contributed by atoms with van der Waals surface area (Å²) < 4.78 is 0.786. The first-order chi connectivity index (χ1) is 10.1. The van der Waals surface area contributed by atoms with E-state index in [9.17, 15) is 4.79 Å². The second-order valence-corrected chi connectivity index (χ2v) is 5.69. The van der Waals surface area contributed by atoms with Crippen LogP contribution in [0.1, 0.15) is 23.7 Å². The molecule has 1 aromatic carbocycles. The maximum atomic E-state index is 12.3. The highest BCUT2D eigenvalue weighted by atomic mass is 79.9. The zero-order chi connectivity index (χ0) is 15.2. The molecule has 0 radical (unpaired) electrons. The Hall–Kier alpha value is -1.59. The topological polar surface area (TPSA) is 54.0 Å². The minimum atomic E-state index is -0.222. The van der Waals surface area contributed by atoms with E-state index < -0.39 is 0 Å². The van der Waals surface area contributed by atoms with Crippen molar-refractivity contribution in [3.05, 3.63) is 51.7 Å². The van der Waals surface area contributed by atoms with Gasteiger partial charge >= 0.3 is 0 Å². The van der Waals surface area contributed by atoms with Crippen molar-refractivity contribution in [2.75, 3.05) is 17.2 Å². The quantitative estimate of drug-likeness (QED) is 0.812. The SMILES string of the molecule is CCCNc1ccncc1C(=O)Nc1ccc(Br)c(Cl)c1. The number of carbonyl (C=O) groups is 1. The molecule has 0 aliphatic rings. The van der Waals surface area contributed by atoms with Gasteiger partial charge in [-0.2, -0.15) is 0 Å². The van der Waals surface area contributed by atoms with Gasteiger partial charge < -0.3 is 10.6 Å². The normalized spacial score (nSPS) is 10.2. The lowest BCUT2D eigenvalue weighted by Gasteiger charge is -2.11. The number of hydrogen-bond acceptors (Lipinski definition) is 3. The summed E-state index contributed by atoms with van der Waals surface area (Å²) >= 11 is 9.34. The molecular weight excluding hydrogens is 354 g/mol. The van der Waals surface area contributed by atoms with Crippen molar-refractivity contribution in [1.82, 2.24) is 4.98 Å². The predicted molar refractivity (Wildman–Crippen MR) is 90.1 cm³/mol. The standard InChI is InChI=1S/C15H15BrClN3O/c1-2-6-19-14-5-7-18-9-11(14)15(21)20-10-3-4-12(16)13(17)8-10/h3-5,7-9H,2,6H2,1H3,(H,18,19)(H,20,21). The highest BCUT2D eigenvalue weighted by Gasteiger charge is 2.12. The average molecular weight is 369 g/mol. The second kappa shape index (κ2) is 7.43. The molecular formula is C15H15BrClN3O. The van der Waals surface area contributed by atoms with E-state index in [4.69, 9.17) is 11.6 Å². The van der Waals surface area contributed by atoms with Crippen LogP contribution < -0.4 is 10.6 Å². The van der Waals surface area contributed by atoms with Crippen LogP contribution in [-0.2, 0) is 0 Å². The first kappa shape index (κ1) is 15.8. The minimum absolute atomic E-state index is 0.222. The molecule has 2 rings (SSSR count). The molecule has 0 bridgehead atoms. The average Bonchev–Trinajstić information content (AvgIpc) is 2.49. The summed E-state index contributed by atoms with van der Waals surface area (Å²) in [5.41, 5.74) is 1.91. The number of anilines is 2. The summed E-state index contributed by atoms with van der Waals surface area (Å²) in [6.07, 6.45) is 4.19. The lowest BCUT2D eigenvalue weighted by Crippen LogP contribution is -2.15. The predicted octanol–water partition coefficient (Wildman–Crippen LogP) is 4.57. The van der Waals surface area contributed by atoms with Gasteiger partial charge in [-0.3, -0.25) is 9.78 Å². The third-order valence-corrected chi connectivity index (χ3v) is 4.04. The van der Waals surface area contributed by atoms with E-state index in [1.54, 1.807) is 36.7 Å².